The Morgan fingerprint density at radius 3 is 1.92 bits per heavy atom. The summed E-state index contributed by atoms with van der Waals surface area (Å²) >= 11 is 2.06. The van der Waals surface area contributed by atoms with E-state index in [-0.39, 0.29) is 15.1 Å². The van der Waals surface area contributed by atoms with Crippen LogP contribution in [-0.4, -0.2) is 13.1 Å². The summed E-state index contributed by atoms with van der Waals surface area (Å²) < 4.78 is 3.02. The summed E-state index contributed by atoms with van der Waals surface area (Å²) in [6.45, 7) is 29.6. The number of fused-ring (bicyclic) bond motifs is 2. The van der Waals surface area contributed by atoms with Crippen molar-refractivity contribution in [2.45, 2.75) is 117 Å². The minimum atomic E-state index is -2.12. The molecular formula is C35H49NSSi. The van der Waals surface area contributed by atoms with E-state index in [0.29, 0.717) is 5.92 Å². The predicted octanol–water partition coefficient (Wildman–Crippen LogP) is 11.4. The van der Waals surface area contributed by atoms with Gasteiger partial charge in [0.2, 0.25) is 0 Å². The van der Waals surface area contributed by atoms with Crippen LogP contribution in [0.15, 0.2) is 48.7 Å². The monoisotopic (exact) mass is 543 g/mol. The average Bonchev–Trinajstić information content (AvgIpc) is 3.13. The molecule has 0 fully saturated rings. The van der Waals surface area contributed by atoms with Gasteiger partial charge in [0.25, 0.3) is 0 Å². The largest absolute Gasteiger partial charge is 0.255 e. The van der Waals surface area contributed by atoms with Gasteiger partial charge in [-0.25, -0.2) is 0 Å². The Balaban J connectivity index is 2.10. The molecule has 2 aromatic heterocycles. The number of pyridine rings is 1. The van der Waals surface area contributed by atoms with E-state index in [4.69, 9.17) is 4.98 Å². The molecule has 0 spiro atoms. The molecule has 4 rings (SSSR count). The van der Waals surface area contributed by atoms with E-state index in [1.165, 1.54) is 37.5 Å². The van der Waals surface area contributed by atoms with Crippen LogP contribution in [0.3, 0.4) is 0 Å². The molecule has 2 aromatic carbocycles. The Morgan fingerprint density at radius 2 is 1.37 bits per heavy atom. The molecule has 2 heterocycles. The van der Waals surface area contributed by atoms with Crippen LogP contribution in [0.25, 0.3) is 32.1 Å². The first-order valence-electron chi connectivity index (χ1n) is 14.5. The molecule has 3 heteroatoms. The number of hydrogen-bond acceptors (Lipinski definition) is 2. The Kier molecular flexibility index (Phi) is 7.56. The zero-order valence-electron chi connectivity index (χ0n) is 26.0. The van der Waals surface area contributed by atoms with Crippen LogP contribution in [0.5, 0.6) is 0 Å². The molecule has 1 nitrogen and oxygen atoms in total. The van der Waals surface area contributed by atoms with Gasteiger partial charge in [0, 0.05) is 11.8 Å². The lowest BCUT2D eigenvalue weighted by atomic mass is 9.87. The molecule has 4 aromatic rings. The summed E-state index contributed by atoms with van der Waals surface area (Å²) in [5, 5.41) is 4.71. The number of nitrogens with zero attached hydrogens (tertiary/aromatic N) is 1. The average molecular weight is 544 g/mol. The highest BCUT2D eigenvalue weighted by atomic mass is 32.1. The van der Waals surface area contributed by atoms with Crippen LogP contribution in [-0.2, 0) is 0 Å². The number of rotatable bonds is 5. The molecule has 0 aliphatic rings. The van der Waals surface area contributed by atoms with Gasteiger partial charge in [-0.3, -0.25) is 4.98 Å². The van der Waals surface area contributed by atoms with E-state index in [0.717, 1.165) is 18.5 Å². The number of aromatic nitrogens is 1. The van der Waals surface area contributed by atoms with Gasteiger partial charge in [-0.2, -0.15) is 0 Å². The van der Waals surface area contributed by atoms with Gasteiger partial charge in [-0.15, -0.1) is 11.3 Å². The fourth-order valence-corrected chi connectivity index (χ4v) is 22.9. The van der Waals surface area contributed by atoms with Crippen LogP contribution in [0.4, 0.5) is 0 Å². The minimum absolute atomic E-state index is 0.203. The summed E-state index contributed by atoms with van der Waals surface area (Å²) in [4.78, 5) is 5.08. The second-order valence-corrected chi connectivity index (χ2v) is 22.3. The van der Waals surface area contributed by atoms with Crippen LogP contribution in [0.2, 0.25) is 15.1 Å². The lowest BCUT2D eigenvalue weighted by Crippen LogP contribution is -2.66. The van der Waals surface area contributed by atoms with Gasteiger partial charge in [-0.05, 0) is 90.8 Å². The molecule has 0 atom stereocenters. The first-order valence-corrected chi connectivity index (χ1v) is 17.3. The second-order valence-electron chi connectivity index (χ2n) is 14.4. The molecule has 0 saturated carbocycles. The van der Waals surface area contributed by atoms with Crippen molar-refractivity contribution in [2.24, 2.45) is 0 Å². The number of thiophene rings is 1. The van der Waals surface area contributed by atoms with Crippen LogP contribution >= 0.6 is 11.3 Å². The standard InChI is InChI=1S/C35H49NSSi/c1-13-24(14-2)29-22-26(21-25-17-15-16-18-28(25)29)30-31-27(19-20-36-30)23(3)32(37-31)38(33(4,5)6,34(7,8)9)35(10,11)12/h15-22,24H,13-14H2,1-12H3. The van der Waals surface area contributed by atoms with Gasteiger partial charge < -0.3 is 0 Å². The fraction of sp³-hybridized carbons (Fsp3) is 0.514. The maximum absolute atomic E-state index is 5.08. The molecule has 38 heavy (non-hydrogen) atoms. The number of hydrogen-bond donors (Lipinski definition) is 0. The predicted molar refractivity (Wildman–Crippen MR) is 175 cm³/mol. The van der Waals surface area contributed by atoms with Gasteiger partial charge in [0.1, 0.15) is 8.07 Å². The highest BCUT2D eigenvalue weighted by molar-refractivity contribution is 7.33. The van der Waals surface area contributed by atoms with E-state index >= 15 is 0 Å². The minimum Gasteiger partial charge on any atom is -0.255 e. The maximum Gasteiger partial charge on any atom is 0.116 e. The SMILES string of the molecule is CCC(CC)c1cc(-c2nccc3c(C)c([Si](C(C)(C)C)(C(C)(C)C)C(C)(C)C)sc23)cc2ccccc12. The first-order chi connectivity index (χ1) is 17.6. The molecule has 0 amide bonds. The van der Waals surface area contributed by atoms with Crippen molar-refractivity contribution in [2.75, 3.05) is 0 Å². The lowest BCUT2D eigenvalue weighted by molar-refractivity contribution is 0.548. The van der Waals surface area contributed by atoms with Crippen molar-refractivity contribution in [3.05, 3.63) is 59.8 Å². The van der Waals surface area contributed by atoms with Crippen molar-refractivity contribution in [3.63, 3.8) is 0 Å². The summed E-state index contributed by atoms with van der Waals surface area (Å²) in [7, 11) is -2.12. The summed E-state index contributed by atoms with van der Waals surface area (Å²) in [6, 6.07) is 16.0. The molecule has 0 radical (unpaired) electrons. The Hall–Kier alpha value is -1.97. The van der Waals surface area contributed by atoms with Crippen LogP contribution in [0.1, 0.15) is 106 Å². The van der Waals surface area contributed by atoms with Gasteiger partial charge in [0.15, 0.2) is 0 Å². The van der Waals surface area contributed by atoms with E-state index in [1.54, 1.807) is 4.50 Å². The summed E-state index contributed by atoms with van der Waals surface area (Å²) in [5.41, 5.74) is 5.37. The van der Waals surface area contributed by atoms with Crippen LogP contribution < -0.4 is 4.50 Å². The Morgan fingerprint density at radius 1 is 0.789 bits per heavy atom. The van der Waals surface area contributed by atoms with Crippen LogP contribution in [0, 0.1) is 6.92 Å². The first kappa shape index (κ1) is 29.0. The normalized spacial score (nSPS) is 13.7. The molecule has 0 saturated heterocycles. The van der Waals surface area contributed by atoms with E-state index in [1.807, 2.05) is 6.20 Å². The fourth-order valence-electron chi connectivity index (χ4n) is 8.65. The number of benzene rings is 2. The third-order valence-corrected chi connectivity index (χ3v) is 19.3. The second kappa shape index (κ2) is 9.89. The molecule has 0 aliphatic heterocycles. The third-order valence-electron chi connectivity index (χ3n) is 9.16. The third kappa shape index (κ3) is 4.38. The smallest absolute Gasteiger partial charge is 0.116 e. The van der Waals surface area contributed by atoms with E-state index in [9.17, 15) is 0 Å². The molecule has 0 aliphatic carbocycles. The van der Waals surface area contributed by atoms with Crippen molar-refractivity contribution < 1.29 is 0 Å². The molecule has 204 valence electrons. The van der Waals surface area contributed by atoms with Gasteiger partial charge >= 0.3 is 0 Å². The van der Waals surface area contributed by atoms with E-state index < -0.39 is 8.07 Å². The van der Waals surface area contributed by atoms with Crippen molar-refractivity contribution in [1.82, 2.24) is 4.98 Å². The molecular weight excluding hydrogens is 495 g/mol. The molecule has 0 unspecified atom stereocenters. The zero-order valence-corrected chi connectivity index (χ0v) is 27.8. The van der Waals surface area contributed by atoms with Crippen molar-refractivity contribution in [1.29, 1.82) is 0 Å². The Labute approximate surface area is 237 Å². The quantitative estimate of drug-likeness (QED) is 0.228. The highest BCUT2D eigenvalue weighted by Crippen LogP contribution is 2.62. The molecule has 0 bridgehead atoms. The summed E-state index contributed by atoms with van der Waals surface area (Å²) in [5.74, 6) is 0.558. The van der Waals surface area contributed by atoms with Crippen molar-refractivity contribution >= 4 is 44.8 Å². The van der Waals surface area contributed by atoms with E-state index in [2.05, 4.69) is 137 Å². The van der Waals surface area contributed by atoms with Gasteiger partial charge in [-0.1, -0.05) is 100 Å². The van der Waals surface area contributed by atoms with Gasteiger partial charge in [0.05, 0.1) is 10.4 Å². The highest BCUT2D eigenvalue weighted by Gasteiger charge is 2.62. The number of aryl methyl sites for hydroxylation is 1. The van der Waals surface area contributed by atoms with Crippen molar-refractivity contribution in [3.8, 4) is 11.3 Å². The zero-order chi connectivity index (χ0) is 28.3. The molecule has 0 N–H and O–H groups in total. The topological polar surface area (TPSA) is 12.9 Å². The lowest BCUT2D eigenvalue weighted by Gasteiger charge is -2.59. The maximum atomic E-state index is 5.08. The Bertz CT molecular complexity index is 1420. The summed E-state index contributed by atoms with van der Waals surface area (Å²) in [6.07, 6.45) is 4.35.